The summed E-state index contributed by atoms with van der Waals surface area (Å²) in [4.78, 5) is 13.0. The van der Waals surface area contributed by atoms with E-state index in [1.54, 1.807) is 12.1 Å². The van der Waals surface area contributed by atoms with Crippen molar-refractivity contribution in [1.29, 1.82) is 0 Å². The first-order chi connectivity index (χ1) is 12.6. The highest BCUT2D eigenvalue weighted by Crippen LogP contribution is 2.37. The maximum absolute atomic E-state index is 13.0. The molecule has 0 fully saturated rings. The van der Waals surface area contributed by atoms with E-state index >= 15 is 0 Å². The predicted octanol–water partition coefficient (Wildman–Crippen LogP) is 3.64. The highest BCUT2D eigenvalue weighted by molar-refractivity contribution is 8.00. The van der Waals surface area contributed by atoms with Crippen molar-refractivity contribution < 1.29 is 4.79 Å². The minimum absolute atomic E-state index is 0.142. The van der Waals surface area contributed by atoms with Crippen LogP contribution >= 0.6 is 23.4 Å². The average molecular weight is 386 g/mol. The van der Waals surface area contributed by atoms with Crippen LogP contribution in [0.2, 0.25) is 5.02 Å². The normalized spacial score (nSPS) is 18.7. The summed E-state index contributed by atoms with van der Waals surface area (Å²) in [6.45, 7) is 1.87. The number of amides is 1. The van der Waals surface area contributed by atoms with Gasteiger partial charge in [-0.15, -0.1) is 10.2 Å². The Morgan fingerprint density at radius 1 is 1.15 bits per heavy atom. The number of rotatable bonds is 3. The Labute approximate surface area is 159 Å². The first-order valence-corrected chi connectivity index (χ1v) is 9.35. The number of fused-ring (bicyclic) bond motifs is 1. The summed E-state index contributed by atoms with van der Waals surface area (Å²) in [5.74, 6) is 0.606. The summed E-state index contributed by atoms with van der Waals surface area (Å²) in [7, 11) is 0. The van der Waals surface area contributed by atoms with Crippen LogP contribution in [0.25, 0.3) is 0 Å². The van der Waals surface area contributed by atoms with Crippen LogP contribution in [-0.4, -0.2) is 26.0 Å². The number of halogens is 1. The van der Waals surface area contributed by atoms with E-state index in [9.17, 15) is 4.79 Å². The molecule has 2 heterocycles. The van der Waals surface area contributed by atoms with Crippen molar-refractivity contribution >= 4 is 35.0 Å². The lowest BCUT2D eigenvalue weighted by atomic mass is 10.0. The van der Waals surface area contributed by atoms with Crippen molar-refractivity contribution in [2.75, 3.05) is 10.7 Å². The Morgan fingerprint density at radius 2 is 1.88 bits per heavy atom. The molecule has 6 nitrogen and oxygen atoms in total. The third kappa shape index (κ3) is 3.15. The van der Waals surface area contributed by atoms with Crippen LogP contribution in [0.15, 0.2) is 59.8 Å². The number of aromatic nitrogens is 3. The molecule has 0 saturated heterocycles. The molecular weight excluding hydrogens is 370 g/mol. The summed E-state index contributed by atoms with van der Waals surface area (Å²) < 4.78 is 1.82. The van der Waals surface area contributed by atoms with Crippen LogP contribution in [0, 0.1) is 6.92 Å². The number of anilines is 1. The minimum atomic E-state index is -0.426. The number of hydrogen-bond acceptors (Lipinski definition) is 5. The zero-order valence-corrected chi connectivity index (χ0v) is 15.5. The fraction of sp³-hybridized carbons (Fsp3) is 0.167. The van der Waals surface area contributed by atoms with Gasteiger partial charge in [0.15, 0.2) is 0 Å². The van der Waals surface area contributed by atoms with Gasteiger partial charge in [0.25, 0.3) is 0 Å². The number of thioether (sulfide) groups is 1. The summed E-state index contributed by atoms with van der Waals surface area (Å²) in [5, 5.41) is 11.9. The summed E-state index contributed by atoms with van der Waals surface area (Å²) in [6.07, 6.45) is 0. The predicted molar refractivity (Wildman–Crippen MR) is 103 cm³/mol. The van der Waals surface area contributed by atoms with Crippen molar-refractivity contribution in [2.24, 2.45) is 0 Å². The Hall–Kier alpha value is -2.51. The van der Waals surface area contributed by atoms with Gasteiger partial charge in [0.2, 0.25) is 11.1 Å². The van der Waals surface area contributed by atoms with Crippen molar-refractivity contribution in [3.8, 4) is 0 Å². The van der Waals surface area contributed by atoms with Crippen molar-refractivity contribution in [2.45, 2.75) is 23.4 Å². The SMILES string of the molecule is Cc1nnc2n1N[C@@H](c1ccccc1)[C@H](C(=O)Nc1ccccc1Cl)S2. The van der Waals surface area contributed by atoms with E-state index in [0.29, 0.717) is 15.9 Å². The van der Waals surface area contributed by atoms with E-state index in [0.717, 1.165) is 11.4 Å². The molecule has 2 aromatic carbocycles. The lowest BCUT2D eigenvalue weighted by molar-refractivity contribution is -0.116. The Morgan fingerprint density at radius 3 is 2.65 bits per heavy atom. The molecule has 3 aromatic rings. The molecule has 0 spiro atoms. The number of aryl methyl sites for hydroxylation is 1. The second-order valence-electron chi connectivity index (χ2n) is 5.89. The van der Waals surface area contributed by atoms with Crippen molar-refractivity contribution in [3.05, 3.63) is 71.0 Å². The average Bonchev–Trinajstić information content (AvgIpc) is 3.03. The summed E-state index contributed by atoms with van der Waals surface area (Å²) in [6, 6.07) is 16.8. The van der Waals surface area contributed by atoms with Crippen LogP contribution in [0.3, 0.4) is 0 Å². The molecular formula is C18H16ClN5OS. The number of nitrogens with zero attached hydrogens (tertiary/aromatic N) is 3. The fourth-order valence-electron chi connectivity index (χ4n) is 2.84. The molecule has 1 amide bonds. The largest absolute Gasteiger partial charge is 0.324 e. The van der Waals surface area contributed by atoms with Crippen LogP contribution in [0.5, 0.6) is 0 Å². The highest BCUT2D eigenvalue weighted by Gasteiger charge is 2.37. The first-order valence-electron chi connectivity index (χ1n) is 8.09. The van der Waals surface area contributed by atoms with E-state index in [4.69, 9.17) is 11.6 Å². The van der Waals surface area contributed by atoms with Gasteiger partial charge in [-0.25, -0.2) is 4.68 Å². The first kappa shape index (κ1) is 16.9. The molecule has 0 saturated carbocycles. The van der Waals surface area contributed by atoms with Crippen molar-refractivity contribution in [1.82, 2.24) is 14.9 Å². The van der Waals surface area contributed by atoms with Crippen LogP contribution in [-0.2, 0) is 4.79 Å². The fourth-order valence-corrected chi connectivity index (χ4v) is 4.15. The number of nitrogens with one attached hydrogen (secondary N) is 2. The van der Waals surface area contributed by atoms with Crippen LogP contribution in [0.4, 0.5) is 5.69 Å². The van der Waals surface area contributed by atoms with Gasteiger partial charge < -0.3 is 10.7 Å². The van der Waals surface area contributed by atoms with E-state index in [1.807, 2.05) is 54.1 Å². The van der Waals surface area contributed by atoms with E-state index < -0.39 is 5.25 Å². The molecule has 26 heavy (non-hydrogen) atoms. The van der Waals surface area contributed by atoms with Crippen molar-refractivity contribution in [3.63, 3.8) is 0 Å². The lowest BCUT2D eigenvalue weighted by Crippen LogP contribution is -2.41. The number of benzene rings is 2. The van der Waals surface area contributed by atoms with E-state index in [2.05, 4.69) is 20.9 Å². The molecule has 2 N–H and O–H groups in total. The maximum Gasteiger partial charge on any atom is 0.240 e. The third-order valence-corrected chi connectivity index (χ3v) is 5.69. The monoisotopic (exact) mass is 385 g/mol. The molecule has 8 heteroatoms. The quantitative estimate of drug-likeness (QED) is 0.720. The van der Waals surface area contributed by atoms with E-state index in [-0.39, 0.29) is 11.9 Å². The van der Waals surface area contributed by atoms with Gasteiger partial charge in [-0.05, 0) is 24.6 Å². The summed E-state index contributed by atoms with van der Waals surface area (Å²) in [5.41, 5.74) is 4.97. The molecule has 0 aliphatic carbocycles. The molecule has 0 unspecified atom stereocenters. The van der Waals surface area contributed by atoms with Crippen LogP contribution in [0.1, 0.15) is 17.4 Å². The smallest absolute Gasteiger partial charge is 0.240 e. The van der Waals surface area contributed by atoms with Gasteiger partial charge >= 0.3 is 0 Å². The highest BCUT2D eigenvalue weighted by atomic mass is 35.5. The molecule has 0 radical (unpaired) electrons. The second-order valence-corrected chi connectivity index (χ2v) is 7.41. The maximum atomic E-state index is 13.0. The van der Waals surface area contributed by atoms with Gasteiger partial charge in [0.1, 0.15) is 11.1 Å². The third-order valence-electron chi connectivity index (χ3n) is 4.15. The summed E-state index contributed by atoms with van der Waals surface area (Å²) >= 11 is 7.57. The van der Waals surface area contributed by atoms with Crippen LogP contribution < -0.4 is 10.7 Å². The minimum Gasteiger partial charge on any atom is -0.324 e. The molecule has 132 valence electrons. The van der Waals surface area contributed by atoms with Gasteiger partial charge in [0.05, 0.1) is 16.8 Å². The van der Waals surface area contributed by atoms with Gasteiger partial charge in [0, 0.05) is 0 Å². The second kappa shape index (κ2) is 7.01. The van der Waals surface area contributed by atoms with E-state index in [1.165, 1.54) is 11.8 Å². The molecule has 2 atom stereocenters. The molecule has 0 bridgehead atoms. The molecule has 4 rings (SSSR count). The topological polar surface area (TPSA) is 71.8 Å². The standard InChI is InChI=1S/C18H16ClN5OS/c1-11-21-22-18-24(11)23-15(12-7-3-2-4-8-12)16(26-18)17(25)20-14-10-6-5-9-13(14)19/h2-10,15-16,23H,1H3,(H,20,25)/t15-,16+/m0/s1. The Balaban J connectivity index is 1.67. The Kier molecular flexibility index (Phi) is 4.57. The number of para-hydroxylation sites is 1. The Bertz CT molecular complexity index is 946. The molecule has 1 aliphatic heterocycles. The van der Waals surface area contributed by atoms with Gasteiger partial charge in [-0.3, -0.25) is 4.79 Å². The molecule has 1 aliphatic rings. The number of carbonyl (C=O) groups is 1. The number of carbonyl (C=O) groups excluding carboxylic acids is 1. The zero-order chi connectivity index (χ0) is 18.1. The lowest BCUT2D eigenvalue weighted by Gasteiger charge is -2.32. The van der Waals surface area contributed by atoms with Gasteiger partial charge in [-0.2, -0.15) is 0 Å². The zero-order valence-electron chi connectivity index (χ0n) is 13.9. The van der Waals surface area contributed by atoms with Gasteiger partial charge in [-0.1, -0.05) is 65.8 Å². The molecule has 1 aromatic heterocycles. The number of hydrogen-bond donors (Lipinski definition) is 2.